The van der Waals surface area contributed by atoms with Crippen molar-refractivity contribution in [2.45, 2.75) is 36.3 Å². The smallest absolute Gasteiger partial charge is 0.322 e. The van der Waals surface area contributed by atoms with Crippen LogP contribution in [0.5, 0.6) is 0 Å². The minimum atomic E-state index is -0.825. The Balaban J connectivity index is 1.51. The van der Waals surface area contributed by atoms with Gasteiger partial charge in [-0.15, -0.1) is 11.8 Å². The van der Waals surface area contributed by atoms with Crippen molar-refractivity contribution in [3.8, 4) is 0 Å². The molecule has 0 unspecified atom stereocenters. The van der Waals surface area contributed by atoms with Crippen LogP contribution in [0.1, 0.15) is 25.3 Å². The number of benzene rings is 1. The van der Waals surface area contributed by atoms with Gasteiger partial charge in [-0.3, -0.25) is 14.9 Å². The molecule has 1 aromatic carbocycles. The molecule has 3 rings (SSSR count). The molecule has 1 atom stereocenters. The molecular formula is C17H21N3O3S. The van der Waals surface area contributed by atoms with Crippen LogP contribution in [-0.4, -0.2) is 46.6 Å². The first-order valence-corrected chi connectivity index (χ1v) is 9.13. The number of rotatable bonds is 4. The quantitative estimate of drug-likeness (QED) is 0.809. The van der Waals surface area contributed by atoms with Crippen molar-refractivity contribution in [1.29, 1.82) is 0 Å². The van der Waals surface area contributed by atoms with E-state index >= 15 is 0 Å². The second-order valence-corrected chi connectivity index (χ2v) is 7.58. The molecule has 24 heavy (non-hydrogen) atoms. The molecule has 1 spiro atoms. The number of amides is 4. The van der Waals surface area contributed by atoms with E-state index in [4.69, 9.17) is 0 Å². The third-order valence-electron chi connectivity index (χ3n) is 4.63. The lowest BCUT2D eigenvalue weighted by Crippen LogP contribution is -2.56. The number of piperidine rings is 1. The highest BCUT2D eigenvalue weighted by Crippen LogP contribution is 2.27. The van der Waals surface area contributed by atoms with Crippen molar-refractivity contribution in [1.82, 2.24) is 15.5 Å². The standard InChI is InChI=1S/C17H21N3O3S/c1-12(24-11-13-5-3-2-4-6-13)14(21)20-9-7-17(8-10-20)15(22)18-16(23)19-17/h2-6,12H,7-11H2,1H3,(H2,18,19,22,23)/t12-/m0/s1. The maximum absolute atomic E-state index is 12.6. The predicted octanol–water partition coefficient (Wildman–Crippen LogP) is 1.51. The Morgan fingerprint density at radius 1 is 1.25 bits per heavy atom. The molecule has 0 bridgehead atoms. The highest BCUT2D eigenvalue weighted by Gasteiger charge is 2.48. The summed E-state index contributed by atoms with van der Waals surface area (Å²) in [6.07, 6.45) is 0.929. The maximum atomic E-state index is 12.6. The number of imide groups is 1. The maximum Gasteiger partial charge on any atom is 0.322 e. The third kappa shape index (κ3) is 3.40. The molecule has 2 N–H and O–H groups in total. The monoisotopic (exact) mass is 347 g/mol. The van der Waals surface area contributed by atoms with Gasteiger partial charge < -0.3 is 10.2 Å². The van der Waals surface area contributed by atoms with E-state index in [1.54, 1.807) is 16.7 Å². The zero-order valence-electron chi connectivity index (χ0n) is 13.6. The van der Waals surface area contributed by atoms with Crippen LogP contribution in [0.2, 0.25) is 0 Å². The molecule has 0 aromatic heterocycles. The van der Waals surface area contributed by atoms with Gasteiger partial charge in [-0.25, -0.2) is 4.79 Å². The Morgan fingerprint density at radius 3 is 2.50 bits per heavy atom. The van der Waals surface area contributed by atoms with E-state index in [-0.39, 0.29) is 17.1 Å². The second kappa shape index (κ2) is 6.84. The number of nitrogens with one attached hydrogen (secondary N) is 2. The fraction of sp³-hybridized carbons (Fsp3) is 0.471. The zero-order valence-corrected chi connectivity index (χ0v) is 14.4. The summed E-state index contributed by atoms with van der Waals surface area (Å²) in [6.45, 7) is 2.90. The molecule has 2 fully saturated rings. The molecule has 2 aliphatic heterocycles. The molecule has 4 amide bonds. The first-order chi connectivity index (χ1) is 11.5. The normalized spacial score (nSPS) is 20.6. The van der Waals surface area contributed by atoms with Crippen LogP contribution in [-0.2, 0) is 15.3 Å². The van der Waals surface area contributed by atoms with E-state index in [9.17, 15) is 14.4 Å². The van der Waals surface area contributed by atoms with Gasteiger partial charge in [0, 0.05) is 18.8 Å². The summed E-state index contributed by atoms with van der Waals surface area (Å²) >= 11 is 1.62. The second-order valence-electron chi connectivity index (χ2n) is 6.25. The summed E-state index contributed by atoms with van der Waals surface area (Å²) in [5, 5.41) is 4.86. The van der Waals surface area contributed by atoms with Crippen molar-refractivity contribution in [3.05, 3.63) is 35.9 Å². The first-order valence-electron chi connectivity index (χ1n) is 8.08. The molecular weight excluding hydrogens is 326 g/mol. The number of carbonyl (C=O) groups is 3. The van der Waals surface area contributed by atoms with Gasteiger partial charge in [0.05, 0.1) is 5.25 Å². The van der Waals surface area contributed by atoms with Crippen LogP contribution in [0.3, 0.4) is 0 Å². The van der Waals surface area contributed by atoms with Crippen molar-refractivity contribution in [2.24, 2.45) is 0 Å². The third-order valence-corrected chi connectivity index (χ3v) is 5.84. The molecule has 1 aromatic rings. The Morgan fingerprint density at radius 2 is 1.92 bits per heavy atom. The number of likely N-dealkylation sites (tertiary alicyclic amines) is 1. The van der Waals surface area contributed by atoms with Gasteiger partial charge in [-0.2, -0.15) is 0 Å². The lowest BCUT2D eigenvalue weighted by Gasteiger charge is -2.37. The molecule has 128 valence electrons. The predicted molar refractivity (Wildman–Crippen MR) is 92.4 cm³/mol. The fourth-order valence-corrected chi connectivity index (χ4v) is 4.04. The summed E-state index contributed by atoms with van der Waals surface area (Å²) in [5.74, 6) is 0.617. The van der Waals surface area contributed by atoms with Gasteiger partial charge in [0.15, 0.2) is 0 Å². The van der Waals surface area contributed by atoms with E-state index in [0.717, 1.165) is 5.75 Å². The van der Waals surface area contributed by atoms with Crippen LogP contribution in [0.4, 0.5) is 4.79 Å². The average Bonchev–Trinajstić information content (AvgIpc) is 2.87. The summed E-state index contributed by atoms with van der Waals surface area (Å²) in [6, 6.07) is 9.63. The highest BCUT2D eigenvalue weighted by molar-refractivity contribution is 7.99. The van der Waals surface area contributed by atoms with Crippen molar-refractivity contribution in [3.63, 3.8) is 0 Å². The lowest BCUT2D eigenvalue weighted by molar-refractivity contribution is -0.135. The number of hydrogen-bond donors (Lipinski definition) is 2. The average molecular weight is 347 g/mol. The summed E-state index contributed by atoms with van der Waals surface area (Å²) < 4.78 is 0. The molecule has 7 heteroatoms. The van der Waals surface area contributed by atoms with Crippen molar-refractivity contribution >= 4 is 29.6 Å². The SMILES string of the molecule is C[C@H](SCc1ccccc1)C(=O)N1CCC2(CC1)NC(=O)NC2=O. The fourth-order valence-electron chi connectivity index (χ4n) is 3.11. The number of thioether (sulfide) groups is 1. The molecule has 2 heterocycles. The van der Waals surface area contributed by atoms with Gasteiger partial charge in [0.1, 0.15) is 5.54 Å². The Bertz CT molecular complexity index is 642. The Hall–Kier alpha value is -2.02. The van der Waals surface area contributed by atoms with E-state index in [1.807, 2.05) is 25.1 Å². The van der Waals surface area contributed by atoms with Gasteiger partial charge >= 0.3 is 6.03 Å². The minimum absolute atomic E-state index is 0.0931. The highest BCUT2D eigenvalue weighted by atomic mass is 32.2. The van der Waals surface area contributed by atoms with Crippen molar-refractivity contribution < 1.29 is 14.4 Å². The van der Waals surface area contributed by atoms with Gasteiger partial charge in [-0.05, 0) is 25.3 Å². The van der Waals surface area contributed by atoms with Crippen LogP contribution in [0.25, 0.3) is 0 Å². The van der Waals surface area contributed by atoms with Gasteiger partial charge in [0.25, 0.3) is 5.91 Å². The topological polar surface area (TPSA) is 78.5 Å². The molecule has 2 aliphatic rings. The largest absolute Gasteiger partial charge is 0.342 e. The van der Waals surface area contributed by atoms with Crippen LogP contribution in [0, 0.1) is 0 Å². The molecule has 6 nitrogen and oxygen atoms in total. The molecule has 0 saturated carbocycles. The van der Waals surface area contributed by atoms with Crippen LogP contribution in [0.15, 0.2) is 30.3 Å². The number of carbonyl (C=O) groups excluding carboxylic acids is 3. The van der Waals surface area contributed by atoms with E-state index in [2.05, 4.69) is 22.8 Å². The number of hydrogen-bond acceptors (Lipinski definition) is 4. The van der Waals surface area contributed by atoms with Crippen LogP contribution < -0.4 is 10.6 Å². The molecule has 0 aliphatic carbocycles. The Labute approximate surface area is 145 Å². The minimum Gasteiger partial charge on any atom is -0.342 e. The van der Waals surface area contributed by atoms with E-state index < -0.39 is 11.6 Å². The zero-order chi connectivity index (χ0) is 17.2. The summed E-state index contributed by atoms with van der Waals surface area (Å²) in [7, 11) is 0. The van der Waals surface area contributed by atoms with Gasteiger partial charge in [-0.1, -0.05) is 30.3 Å². The van der Waals surface area contributed by atoms with Gasteiger partial charge in [0.2, 0.25) is 5.91 Å². The van der Waals surface area contributed by atoms with Crippen molar-refractivity contribution in [2.75, 3.05) is 13.1 Å². The van der Waals surface area contributed by atoms with E-state index in [1.165, 1.54) is 5.56 Å². The summed E-state index contributed by atoms with van der Waals surface area (Å²) in [4.78, 5) is 37.7. The first kappa shape index (κ1) is 16.8. The number of nitrogens with zero attached hydrogens (tertiary/aromatic N) is 1. The summed E-state index contributed by atoms with van der Waals surface area (Å²) in [5.41, 5.74) is 0.374. The van der Waals surface area contributed by atoms with E-state index in [0.29, 0.717) is 25.9 Å². The lowest BCUT2D eigenvalue weighted by atomic mass is 9.87. The Kier molecular flexibility index (Phi) is 4.80. The number of urea groups is 1. The molecule has 2 saturated heterocycles. The molecule has 0 radical (unpaired) electrons. The van der Waals surface area contributed by atoms with Crippen LogP contribution >= 0.6 is 11.8 Å².